The summed E-state index contributed by atoms with van der Waals surface area (Å²) in [6.45, 7) is 1.71. The third-order valence-corrected chi connectivity index (χ3v) is 3.30. The molecule has 0 aliphatic rings. The predicted molar refractivity (Wildman–Crippen MR) is 78.1 cm³/mol. The van der Waals surface area contributed by atoms with Gasteiger partial charge in [-0.1, -0.05) is 11.6 Å². The topological polar surface area (TPSA) is 69.6 Å². The summed E-state index contributed by atoms with van der Waals surface area (Å²) in [6.07, 6.45) is 0. The Bertz CT molecular complexity index is 468. The Morgan fingerprint density at radius 2 is 2.17 bits per heavy atom. The third kappa shape index (κ3) is 4.34. The number of hydrogen-bond acceptors (Lipinski definition) is 2. The number of hydrogen-bond donors (Lipinski definition) is 2. The molecule has 0 aliphatic heterocycles. The minimum absolute atomic E-state index is 0.322. The maximum absolute atomic E-state index is 11.8. The van der Waals surface area contributed by atoms with Crippen molar-refractivity contribution >= 4 is 51.9 Å². The van der Waals surface area contributed by atoms with Gasteiger partial charge in [0, 0.05) is 15.1 Å². The number of likely N-dealkylation sites (N-methyl/N-ethyl adjacent to an activating group) is 1. The van der Waals surface area contributed by atoms with Gasteiger partial charge in [-0.05, 0) is 47.7 Å². The van der Waals surface area contributed by atoms with Crippen molar-refractivity contribution in [2.24, 2.45) is 0 Å². The largest absolute Gasteiger partial charge is 0.480 e. The Labute approximate surface area is 123 Å². The SMILES string of the molecule is CCN(CC(=O)O)C(=O)Nc1ccc(Cl)cc1I. The first-order valence-electron chi connectivity index (χ1n) is 5.16. The molecule has 0 heterocycles. The van der Waals surface area contributed by atoms with E-state index in [9.17, 15) is 9.59 Å². The number of urea groups is 1. The quantitative estimate of drug-likeness (QED) is 0.787. The van der Waals surface area contributed by atoms with Crippen LogP contribution in [-0.2, 0) is 4.79 Å². The zero-order chi connectivity index (χ0) is 13.7. The summed E-state index contributed by atoms with van der Waals surface area (Å²) in [5.41, 5.74) is 0.605. The Hall–Kier alpha value is -1.02. The van der Waals surface area contributed by atoms with Crippen molar-refractivity contribution < 1.29 is 14.7 Å². The maximum Gasteiger partial charge on any atom is 0.323 e. The second-order valence-electron chi connectivity index (χ2n) is 3.46. The average Bonchev–Trinajstić information content (AvgIpc) is 2.29. The second kappa shape index (κ2) is 6.79. The number of halogens is 2. The van der Waals surface area contributed by atoms with E-state index in [-0.39, 0.29) is 6.54 Å². The molecule has 0 fully saturated rings. The standard InChI is InChI=1S/C11H12ClIN2O3/c1-2-15(6-10(16)17)11(18)14-9-4-3-7(12)5-8(9)13/h3-5H,2,6H2,1H3,(H,14,18)(H,16,17). The van der Waals surface area contributed by atoms with Gasteiger partial charge in [0.05, 0.1) is 5.69 Å². The Kier molecular flexibility index (Phi) is 5.67. The molecule has 0 radical (unpaired) electrons. The number of benzene rings is 1. The van der Waals surface area contributed by atoms with Crippen LogP contribution in [0.4, 0.5) is 10.5 Å². The van der Waals surface area contributed by atoms with Gasteiger partial charge in [0.25, 0.3) is 0 Å². The highest BCUT2D eigenvalue weighted by atomic mass is 127. The minimum atomic E-state index is -1.04. The molecule has 0 bridgehead atoms. The molecule has 0 unspecified atom stereocenters. The molecule has 0 atom stereocenters. The molecule has 0 spiro atoms. The van der Waals surface area contributed by atoms with Gasteiger partial charge >= 0.3 is 12.0 Å². The number of nitrogens with one attached hydrogen (secondary N) is 1. The fraction of sp³-hybridized carbons (Fsp3) is 0.273. The Morgan fingerprint density at radius 3 is 2.67 bits per heavy atom. The number of carbonyl (C=O) groups excluding carboxylic acids is 1. The lowest BCUT2D eigenvalue weighted by atomic mass is 10.3. The maximum atomic E-state index is 11.8. The van der Waals surface area contributed by atoms with Crippen molar-refractivity contribution in [2.75, 3.05) is 18.4 Å². The van der Waals surface area contributed by atoms with Gasteiger partial charge in [0.1, 0.15) is 6.54 Å². The molecule has 0 aromatic heterocycles. The molecule has 2 N–H and O–H groups in total. The zero-order valence-electron chi connectivity index (χ0n) is 9.61. The van der Waals surface area contributed by atoms with Crippen LogP contribution in [0.15, 0.2) is 18.2 Å². The van der Waals surface area contributed by atoms with Crippen molar-refractivity contribution in [1.29, 1.82) is 0 Å². The van der Waals surface area contributed by atoms with E-state index in [4.69, 9.17) is 16.7 Å². The second-order valence-corrected chi connectivity index (χ2v) is 5.06. The van der Waals surface area contributed by atoms with Gasteiger partial charge in [-0.3, -0.25) is 4.79 Å². The van der Waals surface area contributed by atoms with Crippen LogP contribution < -0.4 is 5.32 Å². The lowest BCUT2D eigenvalue weighted by Gasteiger charge is -2.19. The number of nitrogens with zero attached hydrogens (tertiary/aromatic N) is 1. The summed E-state index contributed by atoms with van der Waals surface area (Å²) in [7, 11) is 0. The molecule has 1 rings (SSSR count). The summed E-state index contributed by atoms with van der Waals surface area (Å²) in [4.78, 5) is 23.6. The normalized spacial score (nSPS) is 9.94. The third-order valence-electron chi connectivity index (χ3n) is 2.17. The van der Waals surface area contributed by atoms with Crippen molar-refractivity contribution in [2.45, 2.75) is 6.92 Å². The summed E-state index contributed by atoms with van der Waals surface area (Å²) in [5, 5.41) is 11.9. The molecule has 5 nitrogen and oxygen atoms in total. The molecular weight excluding hydrogens is 370 g/mol. The van der Waals surface area contributed by atoms with E-state index in [1.165, 1.54) is 4.90 Å². The zero-order valence-corrected chi connectivity index (χ0v) is 12.5. The highest BCUT2D eigenvalue weighted by molar-refractivity contribution is 14.1. The van der Waals surface area contributed by atoms with Crippen LogP contribution >= 0.6 is 34.2 Å². The van der Waals surface area contributed by atoms with Crippen LogP contribution in [0.3, 0.4) is 0 Å². The first-order valence-corrected chi connectivity index (χ1v) is 6.62. The summed E-state index contributed by atoms with van der Waals surface area (Å²) < 4.78 is 0.792. The fourth-order valence-electron chi connectivity index (χ4n) is 1.28. The number of aliphatic carboxylic acids is 1. The van der Waals surface area contributed by atoms with Gasteiger partial charge < -0.3 is 15.3 Å². The first kappa shape index (κ1) is 15.0. The molecule has 98 valence electrons. The number of carboxylic acid groups (broad SMARTS) is 1. The number of carboxylic acids is 1. The highest BCUT2D eigenvalue weighted by Gasteiger charge is 2.15. The van der Waals surface area contributed by atoms with Crippen molar-refractivity contribution in [3.8, 4) is 0 Å². The van der Waals surface area contributed by atoms with Crippen LogP contribution in [0, 0.1) is 3.57 Å². The lowest BCUT2D eigenvalue weighted by molar-refractivity contribution is -0.137. The molecule has 18 heavy (non-hydrogen) atoms. The van der Waals surface area contributed by atoms with Gasteiger partial charge in [0.15, 0.2) is 0 Å². The molecule has 2 amide bonds. The average molecular weight is 383 g/mol. The fourth-order valence-corrected chi connectivity index (χ4v) is 2.28. The van der Waals surface area contributed by atoms with Crippen LogP contribution in [0.5, 0.6) is 0 Å². The van der Waals surface area contributed by atoms with E-state index >= 15 is 0 Å². The van der Waals surface area contributed by atoms with Crippen LogP contribution in [0.1, 0.15) is 6.92 Å². The van der Waals surface area contributed by atoms with Gasteiger partial charge in [0.2, 0.25) is 0 Å². The monoisotopic (exact) mass is 382 g/mol. The highest BCUT2D eigenvalue weighted by Crippen LogP contribution is 2.22. The van der Waals surface area contributed by atoms with Gasteiger partial charge in [-0.25, -0.2) is 4.79 Å². The van der Waals surface area contributed by atoms with E-state index in [1.54, 1.807) is 25.1 Å². The first-order chi connectivity index (χ1) is 8.43. The smallest absolute Gasteiger partial charge is 0.323 e. The summed E-state index contributed by atoms with van der Waals surface area (Å²) in [5.74, 6) is -1.04. The van der Waals surface area contributed by atoms with Crippen molar-refractivity contribution in [3.63, 3.8) is 0 Å². The van der Waals surface area contributed by atoms with Crippen LogP contribution in [0.25, 0.3) is 0 Å². The molecule has 0 saturated carbocycles. The van der Waals surface area contributed by atoms with E-state index in [2.05, 4.69) is 5.32 Å². The van der Waals surface area contributed by atoms with E-state index < -0.39 is 12.0 Å². The van der Waals surface area contributed by atoms with Crippen molar-refractivity contribution in [3.05, 3.63) is 26.8 Å². The summed E-state index contributed by atoms with van der Waals surface area (Å²) >= 11 is 7.85. The van der Waals surface area contributed by atoms with Crippen LogP contribution in [0.2, 0.25) is 5.02 Å². The Balaban J connectivity index is 2.76. The Morgan fingerprint density at radius 1 is 1.50 bits per heavy atom. The minimum Gasteiger partial charge on any atom is -0.480 e. The molecule has 7 heteroatoms. The molecule has 0 aliphatic carbocycles. The molecular formula is C11H12ClIN2O3. The molecule has 1 aromatic carbocycles. The van der Waals surface area contributed by atoms with Crippen LogP contribution in [-0.4, -0.2) is 35.1 Å². The summed E-state index contributed by atoms with van der Waals surface area (Å²) in [6, 6.07) is 4.61. The number of amides is 2. The van der Waals surface area contributed by atoms with Gasteiger partial charge in [-0.2, -0.15) is 0 Å². The number of anilines is 1. The van der Waals surface area contributed by atoms with E-state index in [0.717, 1.165) is 3.57 Å². The molecule has 1 aromatic rings. The van der Waals surface area contributed by atoms with E-state index in [1.807, 2.05) is 22.6 Å². The van der Waals surface area contributed by atoms with Crippen molar-refractivity contribution in [1.82, 2.24) is 4.90 Å². The number of carbonyl (C=O) groups is 2. The number of rotatable bonds is 4. The lowest BCUT2D eigenvalue weighted by Crippen LogP contribution is -2.38. The predicted octanol–water partition coefficient (Wildman–Crippen LogP) is 2.88. The van der Waals surface area contributed by atoms with Gasteiger partial charge in [-0.15, -0.1) is 0 Å². The van der Waals surface area contributed by atoms with E-state index in [0.29, 0.717) is 17.3 Å². The molecule has 0 saturated heterocycles.